The number of anilines is 2. The Morgan fingerprint density at radius 2 is 2.20 bits per heavy atom. The average Bonchev–Trinajstić information content (AvgIpc) is 2.44. The van der Waals surface area contributed by atoms with Crippen LogP contribution in [0.2, 0.25) is 5.02 Å². The maximum Gasteiger partial charge on any atom is 0.339 e. The van der Waals surface area contributed by atoms with Gasteiger partial charge in [0.2, 0.25) is 0 Å². The molecule has 1 N–H and O–H groups in total. The lowest BCUT2D eigenvalue weighted by Crippen LogP contribution is -2.05. The Morgan fingerprint density at radius 1 is 1.40 bits per heavy atom. The minimum absolute atomic E-state index is 0.144. The van der Waals surface area contributed by atoms with E-state index in [2.05, 4.69) is 10.3 Å². The fourth-order valence-corrected chi connectivity index (χ4v) is 1.76. The molecule has 1 aromatic carbocycles. The number of carbonyl (C=O) groups excluding carboxylic acids is 1. The normalized spacial score (nSPS) is 10.2. The summed E-state index contributed by atoms with van der Waals surface area (Å²) in [4.78, 5) is 15.5. The van der Waals surface area contributed by atoms with Gasteiger partial charge in [0.05, 0.1) is 22.9 Å². The molecular formula is C14H12ClFN2O2. The van der Waals surface area contributed by atoms with E-state index in [9.17, 15) is 9.18 Å². The van der Waals surface area contributed by atoms with Crippen molar-refractivity contribution in [2.75, 3.05) is 11.9 Å². The van der Waals surface area contributed by atoms with E-state index in [-0.39, 0.29) is 10.7 Å². The van der Waals surface area contributed by atoms with Crippen LogP contribution in [-0.2, 0) is 4.74 Å². The van der Waals surface area contributed by atoms with Crippen molar-refractivity contribution in [3.63, 3.8) is 0 Å². The monoisotopic (exact) mass is 294 g/mol. The van der Waals surface area contributed by atoms with Crippen molar-refractivity contribution in [3.05, 3.63) is 52.9 Å². The van der Waals surface area contributed by atoms with E-state index < -0.39 is 11.8 Å². The first-order valence-corrected chi connectivity index (χ1v) is 6.34. The molecule has 6 heteroatoms. The van der Waals surface area contributed by atoms with Crippen LogP contribution >= 0.6 is 11.6 Å². The lowest BCUT2D eigenvalue weighted by molar-refractivity contribution is 0.0526. The summed E-state index contributed by atoms with van der Waals surface area (Å²) in [5.74, 6) is -0.547. The Bertz CT molecular complexity index is 597. The zero-order valence-electron chi connectivity index (χ0n) is 10.7. The molecule has 0 aliphatic rings. The van der Waals surface area contributed by atoms with Crippen LogP contribution in [-0.4, -0.2) is 17.6 Å². The number of rotatable bonds is 4. The minimum atomic E-state index is -0.478. The van der Waals surface area contributed by atoms with Crippen molar-refractivity contribution in [1.82, 2.24) is 4.98 Å². The highest BCUT2D eigenvalue weighted by molar-refractivity contribution is 6.33. The van der Waals surface area contributed by atoms with Gasteiger partial charge in [-0.05, 0) is 31.2 Å². The topological polar surface area (TPSA) is 51.2 Å². The zero-order valence-corrected chi connectivity index (χ0v) is 11.4. The van der Waals surface area contributed by atoms with Crippen LogP contribution in [0.3, 0.4) is 0 Å². The maximum absolute atomic E-state index is 13.6. The predicted octanol–water partition coefficient (Wildman–Crippen LogP) is 3.79. The van der Waals surface area contributed by atoms with Gasteiger partial charge in [0, 0.05) is 6.20 Å². The largest absolute Gasteiger partial charge is 0.462 e. The van der Waals surface area contributed by atoms with Crippen LogP contribution in [0.1, 0.15) is 17.3 Å². The number of para-hydroxylation sites is 1. The molecule has 0 saturated heterocycles. The van der Waals surface area contributed by atoms with Crippen LogP contribution in [0.25, 0.3) is 0 Å². The van der Waals surface area contributed by atoms with Gasteiger partial charge >= 0.3 is 5.97 Å². The Balaban J connectivity index is 2.17. The molecule has 0 spiro atoms. The van der Waals surface area contributed by atoms with Gasteiger partial charge in [0.15, 0.2) is 0 Å². The third-order valence-electron chi connectivity index (χ3n) is 2.49. The molecule has 0 fully saturated rings. The van der Waals surface area contributed by atoms with Crippen LogP contribution in [0.4, 0.5) is 15.9 Å². The van der Waals surface area contributed by atoms with Crippen LogP contribution < -0.4 is 5.32 Å². The Morgan fingerprint density at radius 3 is 2.80 bits per heavy atom. The first-order chi connectivity index (χ1) is 9.61. The summed E-state index contributed by atoms with van der Waals surface area (Å²) in [5.41, 5.74) is 0.475. The molecule has 0 aliphatic carbocycles. The molecule has 1 heterocycles. The summed E-state index contributed by atoms with van der Waals surface area (Å²) in [6.45, 7) is 2.02. The minimum Gasteiger partial charge on any atom is -0.462 e. The van der Waals surface area contributed by atoms with E-state index in [0.29, 0.717) is 18.0 Å². The van der Waals surface area contributed by atoms with Gasteiger partial charge in [-0.25, -0.2) is 14.2 Å². The van der Waals surface area contributed by atoms with Gasteiger partial charge < -0.3 is 10.1 Å². The number of pyridine rings is 1. The molecule has 0 aliphatic heterocycles. The molecular weight excluding hydrogens is 283 g/mol. The van der Waals surface area contributed by atoms with Crippen LogP contribution in [0.15, 0.2) is 36.5 Å². The first-order valence-electron chi connectivity index (χ1n) is 5.96. The Labute approximate surface area is 120 Å². The summed E-state index contributed by atoms with van der Waals surface area (Å²) in [6, 6.07) is 7.47. The molecule has 0 radical (unpaired) electrons. The molecule has 2 aromatic rings. The van der Waals surface area contributed by atoms with E-state index in [0.717, 1.165) is 0 Å². The third-order valence-corrected chi connectivity index (χ3v) is 2.81. The number of aromatic nitrogens is 1. The molecule has 4 nitrogen and oxygen atoms in total. The number of benzene rings is 1. The van der Waals surface area contributed by atoms with Gasteiger partial charge in [-0.15, -0.1) is 0 Å². The van der Waals surface area contributed by atoms with Crippen molar-refractivity contribution in [2.45, 2.75) is 6.92 Å². The SMILES string of the molecule is CCOC(=O)c1ccc(Nc2c(F)cccc2Cl)nc1. The molecule has 104 valence electrons. The third kappa shape index (κ3) is 3.24. The van der Waals surface area contributed by atoms with E-state index in [4.69, 9.17) is 16.3 Å². The lowest BCUT2D eigenvalue weighted by atomic mass is 10.2. The molecule has 2 rings (SSSR count). The van der Waals surface area contributed by atoms with Crippen molar-refractivity contribution in [1.29, 1.82) is 0 Å². The number of esters is 1. The number of nitrogens with one attached hydrogen (secondary N) is 1. The summed E-state index contributed by atoms with van der Waals surface area (Å²) in [6.07, 6.45) is 1.36. The van der Waals surface area contributed by atoms with Gasteiger partial charge in [0.1, 0.15) is 11.6 Å². The van der Waals surface area contributed by atoms with Gasteiger partial charge in [-0.3, -0.25) is 0 Å². The number of halogens is 2. The summed E-state index contributed by atoms with van der Waals surface area (Å²) in [7, 11) is 0. The molecule has 0 bridgehead atoms. The zero-order chi connectivity index (χ0) is 14.5. The number of ether oxygens (including phenoxy) is 1. The number of nitrogens with zero attached hydrogens (tertiary/aromatic N) is 1. The number of hydrogen-bond donors (Lipinski definition) is 1. The number of carbonyl (C=O) groups is 1. The molecule has 1 aromatic heterocycles. The average molecular weight is 295 g/mol. The van der Waals surface area contributed by atoms with Gasteiger partial charge in [0.25, 0.3) is 0 Å². The number of hydrogen-bond acceptors (Lipinski definition) is 4. The highest BCUT2D eigenvalue weighted by Gasteiger charge is 2.09. The van der Waals surface area contributed by atoms with Crippen molar-refractivity contribution in [3.8, 4) is 0 Å². The van der Waals surface area contributed by atoms with E-state index >= 15 is 0 Å². The van der Waals surface area contributed by atoms with Gasteiger partial charge in [-0.1, -0.05) is 17.7 Å². The van der Waals surface area contributed by atoms with Gasteiger partial charge in [-0.2, -0.15) is 0 Å². The summed E-state index contributed by atoms with van der Waals surface area (Å²) in [5, 5.41) is 3.02. The molecule has 0 atom stereocenters. The van der Waals surface area contributed by atoms with Crippen LogP contribution in [0.5, 0.6) is 0 Å². The molecule has 20 heavy (non-hydrogen) atoms. The Hall–Kier alpha value is -2.14. The molecule has 0 amide bonds. The standard InChI is InChI=1S/C14H12ClFN2O2/c1-2-20-14(19)9-6-7-12(17-8-9)18-13-10(15)4-3-5-11(13)16/h3-8H,2H2,1H3,(H,17,18). The predicted molar refractivity (Wildman–Crippen MR) is 74.9 cm³/mol. The highest BCUT2D eigenvalue weighted by Crippen LogP contribution is 2.27. The van der Waals surface area contributed by atoms with Crippen molar-refractivity contribution < 1.29 is 13.9 Å². The van der Waals surface area contributed by atoms with Crippen molar-refractivity contribution >= 4 is 29.1 Å². The smallest absolute Gasteiger partial charge is 0.339 e. The van der Waals surface area contributed by atoms with E-state index in [1.165, 1.54) is 18.3 Å². The first kappa shape index (κ1) is 14.3. The fraction of sp³-hybridized carbons (Fsp3) is 0.143. The quantitative estimate of drug-likeness (QED) is 0.872. The van der Waals surface area contributed by atoms with E-state index in [1.807, 2.05) is 0 Å². The molecule has 0 saturated carbocycles. The second kappa shape index (κ2) is 6.34. The summed E-state index contributed by atoms with van der Waals surface area (Å²) < 4.78 is 18.4. The molecule has 0 unspecified atom stereocenters. The van der Waals surface area contributed by atoms with E-state index in [1.54, 1.807) is 25.1 Å². The Kier molecular flexibility index (Phi) is 4.53. The second-order valence-electron chi connectivity index (χ2n) is 3.87. The fourth-order valence-electron chi connectivity index (χ4n) is 1.55. The van der Waals surface area contributed by atoms with Crippen LogP contribution in [0, 0.1) is 5.82 Å². The second-order valence-corrected chi connectivity index (χ2v) is 4.28. The lowest BCUT2D eigenvalue weighted by Gasteiger charge is -2.09. The summed E-state index contributed by atoms with van der Waals surface area (Å²) >= 11 is 5.90. The highest BCUT2D eigenvalue weighted by atomic mass is 35.5. The maximum atomic E-state index is 13.6. The van der Waals surface area contributed by atoms with Crippen molar-refractivity contribution in [2.24, 2.45) is 0 Å².